The third-order valence-corrected chi connectivity index (χ3v) is 5.15. The molecule has 0 saturated heterocycles. The molecule has 3 heteroatoms. The van der Waals surface area contributed by atoms with Crippen molar-refractivity contribution in [2.75, 3.05) is 0 Å². The van der Waals surface area contributed by atoms with Gasteiger partial charge in [-0.05, 0) is 37.1 Å². The van der Waals surface area contributed by atoms with Crippen LogP contribution in [0.4, 0.5) is 0 Å². The van der Waals surface area contributed by atoms with E-state index in [9.17, 15) is 4.79 Å². The molecule has 0 atom stereocenters. The number of para-hydroxylation sites is 1. The van der Waals surface area contributed by atoms with Crippen LogP contribution in [0.25, 0.3) is 33.3 Å². The zero-order chi connectivity index (χ0) is 19.7. The number of fused-ring (bicyclic) bond motifs is 1. The highest BCUT2D eigenvalue weighted by Crippen LogP contribution is 2.41. The van der Waals surface area contributed by atoms with E-state index in [1.54, 1.807) is 0 Å². The van der Waals surface area contributed by atoms with Crippen LogP contribution >= 0.6 is 0 Å². The average Bonchev–Trinajstić information content (AvgIpc) is 3.01. The summed E-state index contributed by atoms with van der Waals surface area (Å²) in [6, 6.07) is 25.5. The first-order chi connectivity index (χ1) is 13.5. The average molecular weight is 368 g/mol. The van der Waals surface area contributed by atoms with Crippen molar-refractivity contribution >= 4 is 16.8 Å². The number of benzene rings is 3. The van der Waals surface area contributed by atoms with Crippen molar-refractivity contribution in [3.63, 3.8) is 0 Å². The fraction of sp³-hybridized carbons (Fsp3) is 0.160. The topological polar surface area (TPSA) is 48.0 Å². The Morgan fingerprint density at radius 2 is 1.50 bits per heavy atom. The molecule has 28 heavy (non-hydrogen) atoms. The lowest BCUT2D eigenvalue weighted by Gasteiger charge is -2.13. The number of primary amides is 1. The largest absolute Gasteiger partial charge is 0.370 e. The lowest BCUT2D eigenvalue weighted by molar-refractivity contribution is -0.118. The highest BCUT2D eigenvalue weighted by Gasteiger charge is 2.20. The van der Waals surface area contributed by atoms with Crippen molar-refractivity contribution < 1.29 is 4.79 Å². The summed E-state index contributed by atoms with van der Waals surface area (Å²) in [5, 5.41) is 1.19. The van der Waals surface area contributed by atoms with Gasteiger partial charge in [-0.25, -0.2) is 0 Å². The van der Waals surface area contributed by atoms with E-state index in [1.807, 2.05) is 6.07 Å². The third-order valence-electron chi connectivity index (χ3n) is 5.15. The highest BCUT2D eigenvalue weighted by molar-refractivity contribution is 6.04. The van der Waals surface area contributed by atoms with Crippen LogP contribution in [0.2, 0.25) is 0 Å². The van der Waals surface area contributed by atoms with Gasteiger partial charge >= 0.3 is 0 Å². The van der Waals surface area contributed by atoms with Gasteiger partial charge in [0.15, 0.2) is 0 Å². The molecule has 3 nitrogen and oxygen atoms in total. The van der Waals surface area contributed by atoms with Crippen LogP contribution in [0.3, 0.4) is 0 Å². The van der Waals surface area contributed by atoms with Gasteiger partial charge in [-0.1, -0.05) is 71.8 Å². The summed E-state index contributed by atoms with van der Waals surface area (Å²) >= 11 is 0. The van der Waals surface area contributed by atoms with E-state index in [2.05, 4.69) is 85.1 Å². The molecule has 0 saturated carbocycles. The van der Waals surface area contributed by atoms with Crippen LogP contribution in [0, 0.1) is 13.8 Å². The van der Waals surface area contributed by atoms with Gasteiger partial charge in [-0.3, -0.25) is 4.79 Å². The summed E-state index contributed by atoms with van der Waals surface area (Å²) in [6.07, 6.45) is 0.310. The number of nitrogens with two attached hydrogens (primary N) is 1. The molecule has 0 spiro atoms. The van der Waals surface area contributed by atoms with Crippen LogP contribution in [0.15, 0.2) is 72.8 Å². The molecule has 1 amide bonds. The fourth-order valence-corrected chi connectivity index (χ4v) is 3.94. The smallest absolute Gasteiger partial charge is 0.219 e. The third kappa shape index (κ3) is 3.31. The molecule has 1 heterocycles. The predicted octanol–water partition coefficient (Wildman–Crippen LogP) is 5.47. The van der Waals surface area contributed by atoms with E-state index < -0.39 is 0 Å². The molecule has 3 aromatic carbocycles. The first-order valence-electron chi connectivity index (χ1n) is 9.58. The summed E-state index contributed by atoms with van der Waals surface area (Å²) < 4.78 is 2.24. The first-order valence-corrected chi connectivity index (χ1v) is 9.58. The molecule has 0 unspecified atom stereocenters. The summed E-state index contributed by atoms with van der Waals surface area (Å²) in [4.78, 5) is 11.5. The molecule has 0 bridgehead atoms. The van der Waals surface area contributed by atoms with E-state index in [0.29, 0.717) is 13.0 Å². The summed E-state index contributed by atoms with van der Waals surface area (Å²) in [6.45, 7) is 4.78. The molecule has 2 N–H and O–H groups in total. The summed E-state index contributed by atoms with van der Waals surface area (Å²) in [5.41, 5.74) is 13.7. The number of carbonyl (C=O) groups is 1. The van der Waals surface area contributed by atoms with Crippen LogP contribution in [-0.2, 0) is 11.3 Å². The van der Waals surface area contributed by atoms with Gasteiger partial charge in [0.25, 0.3) is 0 Å². The minimum absolute atomic E-state index is 0.287. The molecule has 0 aliphatic heterocycles. The lowest BCUT2D eigenvalue weighted by atomic mass is 9.96. The maximum absolute atomic E-state index is 11.5. The van der Waals surface area contributed by atoms with Crippen LogP contribution in [0.5, 0.6) is 0 Å². The Morgan fingerprint density at radius 1 is 0.857 bits per heavy atom. The van der Waals surface area contributed by atoms with Crippen LogP contribution < -0.4 is 5.73 Å². The molecule has 1 aromatic heterocycles. The zero-order valence-electron chi connectivity index (χ0n) is 16.3. The Kier molecular flexibility index (Phi) is 4.74. The standard InChI is InChI=1S/C25H24N2O/c1-17-7-5-9-19(15-17)24-21-11-3-4-12-22(21)27(14-13-23(26)28)25(24)20-10-6-8-18(2)16-20/h3-12,15-16H,13-14H2,1-2H3,(H2,26,28). The van der Waals surface area contributed by atoms with Crippen molar-refractivity contribution in [2.24, 2.45) is 5.73 Å². The van der Waals surface area contributed by atoms with E-state index in [0.717, 1.165) is 16.8 Å². The Labute approximate surface area is 165 Å². The fourth-order valence-electron chi connectivity index (χ4n) is 3.94. The second kappa shape index (κ2) is 7.35. The van der Waals surface area contributed by atoms with Crippen molar-refractivity contribution in [3.05, 3.63) is 83.9 Å². The zero-order valence-corrected chi connectivity index (χ0v) is 16.3. The number of aromatic nitrogens is 1. The predicted molar refractivity (Wildman–Crippen MR) is 116 cm³/mol. The highest BCUT2D eigenvalue weighted by atomic mass is 16.1. The molecule has 140 valence electrons. The monoisotopic (exact) mass is 368 g/mol. The number of carbonyl (C=O) groups excluding carboxylic acids is 1. The Morgan fingerprint density at radius 3 is 2.18 bits per heavy atom. The van der Waals surface area contributed by atoms with Crippen LogP contribution in [-0.4, -0.2) is 10.5 Å². The van der Waals surface area contributed by atoms with Gasteiger partial charge in [-0.2, -0.15) is 0 Å². The molecule has 4 aromatic rings. The van der Waals surface area contributed by atoms with Crippen LogP contribution in [0.1, 0.15) is 17.5 Å². The van der Waals surface area contributed by atoms with Gasteiger partial charge < -0.3 is 10.3 Å². The molecule has 4 rings (SSSR count). The number of nitrogens with zero attached hydrogens (tertiary/aromatic N) is 1. The molecular formula is C25H24N2O. The van der Waals surface area contributed by atoms with Crippen molar-refractivity contribution in [3.8, 4) is 22.4 Å². The molecule has 0 aliphatic carbocycles. The minimum Gasteiger partial charge on any atom is -0.370 e. The van der Waals surface area contributed by atoms with Crippen molar-refractivity contribution in [1.29, 1.82) is 0 Å². The van der Waals surface area contributed by atoms with Gasteiger partial charge in [0.1, 0.15) is 0 Å². The van der Waals surface area contributed by atoms with Crippen molar-refractivity contribution in [1.82, 2.24) is 4.57 Å². The summed E-state index contributed by atoms with van der Waals surface area (Å²) in [7, 11) is 0. The molecule has 0 fully saturated rings. The van der Waals surface area contributed by atoms with Gasteiger partial charge in [0.2, 0.25) is 5.91 Å². The SMILES string of the molecule is Cc1cccc(-c2c(-c3cccc(C)c3)n(CCC(N)=O)c3ccccc23)c1. The molecule has 0 radical (unpaired) electrons. The Balaban J connectivity index is 2.08. The normalized spacial score (nSPS) is 11.1. The van der Waals surface area contributed by atoms with Crippen molar-refractivity contribution in [2.45, 2.75) is 26.8 Å². The Hall–Kier alpha value is -3.33. The van der Waals surface area contributed by atoms with Gasteiger partial charge in [0.05, 0.1) is 5.69 Å². The maximum atomic E-state index is 11.5. The number of hydrogen-bond donors (Lipinski definition) is 1. The quantitative estimate of drug-likeness (QED) is 0.499. The number of rotatable bonds is 5. The second-order valence-electron chi connectivity index (χ2n) is 7.35. The van der Waals surface area contributed by atoms with Gasteiger partial charge in [-0.15, -0.1) is 0 Å². The number of hydrogen-bond acceptors (Lipinski definition) is 1. The number of amides is 1. The lowest BCUT2D eigenvalue weighted by Crippen LogP contribution is -2.14. The van der Waals surface area contributed by atoms with E-state index in [-0.39, 0.29) is 5.91 Å². The van der Waals surface area contributed by atoms with Gasteiger partial charge in [0, 0.05) is 29.4 Å². The van der Waals surface area contributed by atoms with E-state index >= 15 is 0 Å². The van der Waals surface area contributed by atoms with E-state index in [4.69, 9.17) is 5.73 Å². The Bertz CT molecular complexity index is 1170. The molecule has 0 aliphatic rings. The molecular weight excluding hydrogens is 344 g/mol. The summed E-state index contributed by atoms with van der Waals surface area (Å²) in [5.74, 6) is -0.287. The second-order valence-corrected chi connectivity index (χ2v) is 7.35. The minimum atomic E-state index is -0.287. The maximum Gasteiger partial charge on any atom is 0.219 e. The van der Waals surface area contributed by atoms with E-state index in [1.165, 1.54) is 27.6 Å². The first kappa shape index (κ1) is 18.1. The number of aryl methyl sites for hydroxylation is 3.